The molecular formula is C17H18Cl2N2O. The Bertz CT molecular complexity index is 643. The van der Waals surface area contributed by atoms with Gasteiger partial charge in [0.25, 0.3) is 0 Å². The monoisotopic (exact) mass is 336 g/mol. The Balaban J connectivity index is 1.95. The molecule has 1 saturated heterocycles. The van der Waals surface area contributed by atoms with Crippen molar-refractivity contribution in [3.8, 4) is 5.75 Å². The molecule has 1 aromatic heterocycles. The van der Waals surface area contributed by atoms with Crippen LogP contribution in [0.3, 0.4) is 0 Å². The minimum absolute atomic E-state index is 0.111. The number of pyridine rings is 1. The van der Waals surface area contributed by atoms with Gasteiger partial charge in [-0.25, -0.2) is 0 Å². The van der Waals surface area contributed by atoms with E-state index in [2.05, 4.69) is 10.3 Å². The highest BCUT2D eigenvalue weighted by atomic mass is 35.5. The molecule has 0 bridgehead atoms. The molecule has 3 nitrogen and oxygen atoms in total. The van der Waals surface area contributed by atoms with Gasteiger partial charge in [0.1, 0.15) is 6.10 Å². The zero-order valence-corrected chi connectivity index (χ0v) is 13.9. The number of benzene rings is 1. The molecule has 22 heavy (non-hydrogen) atoms. The number of aryl methyl sites for hydroxylation is 1. The first kappa shape index (κ1) is 15.6. The molecule has 2 atom stereocenters. The van der Waals surface area contributed by atoms with Crippen molar-refractivity contribution < 1.29 is 4.74 Å². The van der Waals surface area contributed by atoms with E-state index >= 15 is 0 Å². The lowest BCUT2D eigenvalue weighted by Crippen LogP contribution is -2.21. The van der Waals surface area contributed by atoms with E-state index in [1.807, 2.05) is 37.4 Å². The number of ether oxygens (including phenoxy) is 1. The summed E-state index contributed by atoms with van der Waals surface area (Å²) in [7, 11) is 0. The molecule has 2 aromatic rings. The van der Waals surface area contributed by atoms with Crippen LogP contribution in [0.1, 0.15) is 23.7 Å². The van der Waals surface area contributed by atoms with E-state index in [-0.39, 0.29) is 6.10 Å². The molecule has 2 heterocycles. The van der Waals surface area contributed by atoms with Gasteiger partial charge in [-0.15, -0.1) is 0 Å². The smallest absolute Gasteiger partial charge is 0.157 e. The summed E-state index contributed by atoms with van der Waals surface area (Å²) < 4.78 is 6.28. The van der Waals surface area contributed by atoms with Gasteiger partial charge in [-0.05, 0) is 37.6 Å². The summed E-state index contributed by atoms with van der Waals surface area (Å²) in [6, 6.07) is 7.68. The Morgan fingerprint density at radius 3 is 2.86 bits per heavy atom. The fourth-order valence-electron chi connectivity index (χ4n) is 2.78. The van der Waals surface area contributed by atoms with Crippen molar-refractivity contribution in [3.63, 3.8) is 0 Å². The van der Waals surface area contributed by atoms with E-state index in [4.69, 9.17) is 27.9 Å². The summed E-state index contributed by atoms with van der Waals surface area (Å²) in [6.45, 7) is 3.86. The second kappa shape index (κ2) is 6.86. The van der Waals surface area contributed by atoms with Crippen molar-refractivity contribution in [1.29, 1.82) is 0 Å². The molecule has 0 unspecified atom stereocenters. The van der Waals surface area contributed by atoms with Crippen molar-refractivity contribution in [1.82, 2.24) is 10.3 Å². The zero-order chi connectivity index (χ0) is 15.5. The number of nitrogens with one attached hydrogen (secondary N) is 1. The van der Waals surface area contributed by atoms with Crippen LogP contribution in [0.15, 0.2) is 36.7 Å². The summed E-state index contributed by atoms with van der Waals surface area (Å²) in [5, 5.41) is 4.50. The van der Waals surface area contributed by atoms with Crippen LogP contribution >= 0.6 is 23.2 Å². The minimum Gasteiger partial charge on any atom is -0.482 e. The van der Waals surface area contributed by atoms with Crippen molar-refractivity contribution in [2.75, 3.05) is 13.1 Å². The van der Waals surface area contributed by atoms with E-state index < -0.39 is 0 Å². The average molecular weight is 337 g/mol. The molecule has 1 aliphatic rings. The third-order valence-electron chi connectivity index (χ3n) is 4.03. The standard InChI is InChI=1S/C17H18Cl2N2O/c1-11-4-5-14(18)17(15(11)19)22-16(13-6-8-21-10-13)12-3-2-7-20-9-12/h2-5,7,9,13,16,21H,6,8,10H2,1H3/t13-,16-/m0/s1. The van der Waals surface area contributed by atoms with Crippen LogP contribution in [0.4, 0.5) is 0 Å². The van der Waals surface area contributed by atoms with Crippen molar-refractivity contribution in [3.05, 3.63) is 57.8 Å². The maximum Gasteiger partial charge on any atom is 0.157 e. The van der Waals surface area contributed by atoms with Crippen LogP contribution in [0.25, 0.3) is 0 Å². The number of aromatic nitrogens is 1. The molecule has 116 valence electrons. The topological polar surface area (TPSA) is 34.1 Å². The zero-order valence-electron chi connectivity index (χ0n) is 12.4. The fourth-order valence-corrected chi connectivity index (χ4v) is 3.24. The fraction of sp³-hybridized carbons (Fsp3) is 0.353. The molecule has 0 spiro atoms. The molecule has 3 rings (SSSR count). The molecule has 1 fully saturated rings. The molecule has 0 saturated carbocycles. The summed E-state index contributed by atoms with van der Waals surface area (Å²) in [5.74, 6) is 0.931. The number of hydrogen-bond acceptors (Lipinski definition) is 3. The second-order valence-corrected chi connectivity index (χ2v) is 6.37. The second-order valence-electron chi connectivity index (χ2n) is 5.59. The van der Waals surface area contributed by atoms with Crippen LogP contribution in [0.5, 0.6) is 5.75 Å². The maximum absolute atomic E-state index is 6.40. The van der Waals surface area contributed by atoms with Crippen LogP contribution in [0.2, 0.25) is 10.0 Å². The lowest BCUT2D eigenvalue weighted by atomic mass is 9.96. The van der Waals surface area contributed by atoms with E-state index in [1.165, 1.54) is 0 Å². The Labute approximate surface area is 140 Å². The van der Waals surface area contributed by atoms with Crippen molar-refractivity contribution >= 4 is 23.2 Å². The predicted octanol–water partition coefficient (Wildman–Crippen LogP) is 4.43. The summed E-state index contributed by atoms with van der Waals surface area (Å²) in [4.78, 5) is 4.21. The minimum atomic E-state index is -0.111. The van der Waals surface area contributed by atoms with E-state index in [0.29, 0.717) is 21.7 Å². The summed E-state index contributed by atoms with van der Waals surface area (Å²) in [6.07, 6.45) is 4.56. The molecule has 1 aromatic carbocycles. The number of rotatable bonds is 4. The van der Waals surface area contributed by atoms with Gasteiger partial charge in [-0.1, -0.05) is 35.3 Å². The van der Waals surface area contributed by atoms with Crippen LogP contribution in [0, 0.1) is 12.8 Å². The number of nitrogens with zero attached hydrogens (tertiary/aromatic N) is 1. The van der Waals surface area contributed by atoms with Crippen LogP contribution in [-0.4, -0.2) is 18.1 Å². The largest absolute Gasteiger partial charge is 0.482 e. The predicted molar refractivity (Wildman–Crippen MR) is 89.8 cm³/mol. The van der Waals surface area contributed by atoms with E-state index in [1.54, 1.807) is 6.20 Å². The van der Waals surface area contributed by atoms with Gasteiger partial charge in [0, 0.05) is 30.4 Å². The quantitative estimate of drug-likeness (QED) is 0.896. The molecule has 0 amide bonds. The van der Waals surface area contributed by atoms with Gasteiger partial charge in [0.15, 0.2) is 5.75 Å². The first-order chi connectivity index (χ1) is 10.7. The van der Waals surface area contributed by atoms with Gasteiger partial charge in [0.2, 0.25) is 0 Å². The normalized spacial score (nSPS) is 19.1. The SMILES string of the molecule is Cc1ccc(Cl)c(O[C@@H](c2cccnc2)[C@H]2CCNC2)c1Cl. The number of halogens is 2. The average Bonchev–Trinajstić information content (AvgIpc) is 3.06. The lowest BCUT2D eigenvalue weighted by Gasteiger charge is -2.26. The summed E-state index contributed by atoms with van der Waals surface area (Å²) in [5.41, 5.74) is 2.00. The third kappa shape index (κ3) is 3.22. The highest BCUT2D eigenvalue weighted by Gasteiger charge is 2.29. The lowest BCUT2D eigenvalue weighted by molar-refractivity contribution is 0.144. The van der Waals surface area contributed by atoms with Crippen molar-refractivity contribution in [2.45, 2.75) is 19.4 Å². The van der Waals surface area contributed by atoms with E-state index in [9.17, 15) is 0 Å². The van der Waals surface area contributed by atoms with Crippen molar-refractivity contribution in [2.24, 2.45) is 5.92 Å². The molecule has 0 radical (unpaired) electrons. The van der Waals surface area contributed by atoms with Crippen LogP contribution < -0.4 is 10.1 Å². The highest BCUT2D eigenvalue weighted by molar-refractivity contribution is 6.37. The Kier molecular flexibility index (Phi) is 4.87. The first-order valence-corrected chi connectivity index (χ1v) is 8.14. The summed E-state index contributed by atoms with van der Waals surface area (Å²) >= 11 is 12.7. The molecular weight excluding hydrogens is 319 g/mol. The van der Waals surface area contributed by atoms with Gasteiger partial charge in [0.05, 0.1) is 10.0 Å². The third-order valence-corrected chi connectivity index (χ3v) is 4.79. The maximum atomic E-state index is 6.40. The molecule has 1 N–H and O–H groups in total. The van der Waals surface area contributed by atoms with E-state index in [0.717, 1.165) is 30.6 Å². The van der Waals surface area contributed by atoms with Crippen LogP contribution in [-0.2, 0) is 0 Å². The van der Waals surface area contributed by atoms with Gasteiger partial charge < -0.3 is 10.1 Å². The Morgan fingerprint density at radius 2 is 2.18 bits per heavy atom. The Hall–Kier alpha value is -1.29. The van der Waals surface area contributed by atoms with Gasteiger partial charge in [-0.2, -0.15) is 0 Å². The molecule has 1 aliphatic heterocycles. The number of hydrogen-bond donors (Lipinski definition) is 1. The van der Waals surface area contributed by atoms with Gasteiger partial charge >= 0.3 is 0 Å². The first-order valence-electron chi connectivity index (χ1n) is 7.38. The van der Waals surface area contributed by atoms with Gasteiger partial charge in [-0.3, -0.25) is 4.98 Å². The highest BCUT2D eigenvalue weighted by Crippen LogP contribution is 2.40. The Morgan fingerprint density at radius 1 is 1.32 bits per heavy atom. The molecule has 5 heteroatoms. The molecule has 0 aliphatic carbocycles.